The Hall–Kier alpha value is -3.15. The number of hydrogen-bond acceptors (Lipinski definition) is 6. The average Bonchev–Trinajstić information content (AvgIpc) is 3.42. The number of carbonyl (C=O) groups is 3. The molecule has 1 atom stereocenters. The predicted octanol–water partition coefficient (Wildman–Crippen LogP) is 22.5. The van der Waals surface area contributed by atoms with Crippen LogP contribution in [0.15, 0.2) is 72.9 Å². The molecule has 0 bridgehead atoms. The van der Waals surface area contributed by atoms with E-state index in [0.717, 1.165) is 96.3 Å². The molecular formula is C70H124O6. The largest absolute Gasteiger partial charge is 0.462 e. The molecule has 0 aliphatic rings. The third-order valence-electron chi connectivity index (χ3n) is 14.4. The SMILES string of the molecule is CC/C=C\C/C=C\C/C=C\C/C=C\CCCCCCCCCCC(=O)OC(COC(=O)CCCCCCCCCCCC)COC(=O)CCCCCCCCCCCCCCCCC/C=C\C/C=C\CCCCCCC. The topological polar surface area (TPSA) is 78.9 Å². The summed E-state index contributed by atoms with van der Waals surface area (Å²) in [5.74, 6) is -0.869. The lowest BCUT2D eigenvalue weighted by atomic mass is 10.0. The van der Waals surface area contributed by atoms with Crippen molar-refractivity contribution in [1.82, 2.24) is 0 Å². The monoisotopic (exact) mass is 1060 g/mol. The third kappa shape index (κ3) is 61.7. The van der Waals surface area contributed by atoms with Crippen LogP contribution in [0.5, 0.6) is 0 Å². The van der Waals surface area contributed by atoms with Gasteiger partial charge in [-0.2, -0.15) is 0 Å². The number of rotatable bonds is 60. The summed E-state index contributed by atoms with van der Waals surface area (Å²) in [5, 5.41) is 0. The molecule has 1 unspecified atom stereocenters. The second-order valence-electron chi connectivity index (χ2n) is 22.0. The Bertz CT molecular complexity index is 1400. The van der Waals surface area contributed by atoms with E-state index in [1.807, 2.05) is 0 Å². The zero-order chi connectivity index (χ0) is 55.0. The second-order valence-corrected chi connectivity index (χ2v) is 22.0. The van der Waals surface area contributed by atoms with Gasteiger partial charge in [0.15, 0.2) is 6.10 Å². The highest BCUT2D eigenvalue weighted by Crippen LogP contribution is 2.17. The molecule has 0 aliphatic heterocycles. The van der Waals surface area contributed by atoms with E-state index in [1.54, 1.807) is 0 Å². The molecule has 0 aromatic heterocycles. The maximum atomic E-state index is 12.9. The molecule has 0 amide bonds. The van der Waals surface area contributed by atoms with Crippen LogP contribution < -0.4 is 0 Å². The Morgan fingerprint density at radius 3 is 0.803 bits per heavy atom. The van der Waals surface area contributed by atoms with Crippen molar-refractivity contribution in [2.24, 2.45) is 0 Å². The first-order valence-corrected chi connectivity index (χ1v) is 32.9. The van der Waals surface area contributed by atoms with Crippen molar-refractivity contribution in [2.45, 2.75) is 341 Å². The average molecular weight is 1060 g/mol. The van der Waals surface area contributed by atoms with Crippen molar-refractivity contribution in [3.8, 4) is 0 Å². The predicted molar refractivity (Wildman–Crippen MR) is 330 cm³/mol. The van der Waals surface area contributed by atoms with Crippen molar-refractivity contribution >= 4 is 17.9 Å². The summed E-state index contributed by atoms with van der Waals surface area (Å²) >= 11 is 0. The molecule has 0 aromatic carbocycles. The van der Waals surface area contributed by atoms with E-state index >= 15 is 0 Å². The number of allylic oxidation sites excluding steroid dienone is 12. The molecule has 0 N–H and O–H groups in total. The van der Waals surface area contributed by atoms with E-state index in [1.165, 1.54) is 199 Å². The summed E-state index contributed by atoms with van der Waals surface area (Å²) in [5.41, 5.74) is 0. The van der Waals surface area contributed by atoms with E-state index in [9.17, 15) is 14.4 Å². The van der Waals surface area contributed by atoms with Gasteiger partial charge < -0.3 is 14.2 Å². The molecule has 76 heavy (non-hydrogen) atoms. The number of ether oxygens (including phenoxy) is 3. The van der Waals surface area contributed by atoms with E-state index in [0.29, 0.717) is 19.3 Å². The first kappa shape index (κ1) is 72.8. The van der Waals surface area contributed by atoms with Crippen LogP contribution >= 0.6 is 0 Å². The van der Waals surface area contributed by atoms with Crippen molar-refractivity contribution in [3.05, 3.63) is 72.9 Å². The van der Waals surface area contributed by atoms with E-state index in [2.05, 4.69) is 93.7 Å². The molecule has 0 rings (SSSR count). The zero-order valence-electron chi connectivity index (χ0n) is 50.5. The molecule has 0 aliphatic carbocycles. The molecule has 0 heterocycles. The smallest absolute Gasteiger partial charge is 0.306 e. The summed E-state index contributed by atoms with van der Waals surface area (Å²) < 4.78 is 16.9. The lowest BCUT2D eigenvalue weighted by Crippen LogP contribution is -2.30. The van der Waals surface area contributed by atoms with E-state index in [-0.39, 0.29) is 31.1 Å². The van der Waals surface area contributed by atoms with Gasteiger partial charge in [0.1, 0.15) is 13.2 Å². The Balaban J connectivity index is 4.20. The van der Waals surface area contributed by atoms with Gasteiger partial charge >= 0.3 is 17.9 Å². The molecule has 0 aromatic rings. The number of carbonyl (C=O) groups excluding carboxylic acids is 3. The van der Waals surface area contributed by atoms with Crippen LogP contribution in [0, 0.1) is 0 Å². The van der Waals surface area contributed by atoms with E-state index < -0.39 is 6.10 Å². The van der Waals surface area contributed by atoms with Gasteiger partial charge in [0.2, 0.25) is 0 Å². The summed E-state index contributed by atoms with van der Waals surface area (Å²) in [6.45, 7) is 6.54. The van der Waals surface area contributed by atoms with Crippen LogP contribution in [0.4, 0.5) is 0 Å². The minimum Gasteiger partial charge on any atom is -0.462 e. The first-order chi connectivity index (χ1) is 37.5. The summed E-state index contributed by atoms with van der Waals surface area (Å²) in [6, 6.07) is 0. The standard InChI is InChI=1S/C70H124O6/c1-4-7-10-13-16-19-22-24-26-28-30-32-33-34-35-36-37-39-40-42-44-46-48-51-54-57-60-63-69(72)75-66-67(65-74-68(71)62-59-56-53-50-21-18-15-12-9-6-3)76-70(73)64-61-58-55-52-49-47-45-43-41-38-31-29-27-25-23-20-17-14-11-8-5-2/h8,11,17,20,22,24-25,27-28,30-31,38,67H,4-7,9-10,12-16,18-19,21,23,26,29,32-37,39-66H2,1-3H3/b11-8-,20-17-,24-22-,27-25-,30-28-,38-31-. The van der Waals surface area contributed by atoms with Gasteiger partial charge in [0.05, 0.1) is 0 Å². The quantitative estimate of drug-likeness (QED) is 0.0261. The molecule has 6 nitrogen and oxygen atoms in total. The van der Waals surface area contributed by atoms with E-state index in [4.69, 9.17) is 14.2 Å². The summed E-state index contributed by atoms with van der Waals surface area (Å²) in [4.78, 5) is 38.3. The van der Waals surface area contributed by atoms with Gasteiger partial charge in [-0.05, 0) is 89.9 Å². The Morgan fingerprint density at radius 2 is 0.513 bits per heavy atom. The van der Waals surface area contributed by atoms with Crippen LogP contribution in [-0.4, -0.2) is 37.2 Å². The van der Waals surface area contributed by atoms with Crippen LogP contribution in [0.2, 0.25) is 0 Å². The molecule has 0 saturated heterocycles. The van der Waals surface area contributed by atoms with Crippen LogP contribution in [0.3, 0.4) is 0 Å². The maximum absolute atomic E-state index is 12.9. The molecular weight excluding hydrogens is 937 g/mol. The Morgan fingerprint density at radius 1 is 0.276 bits per heavy atom. The zero-order valence-corrected chi connectivity index (χ0v) is 50.5. The summed E-state index contributed by atoms with van der Waals surface area (Å²) in [7, 11) is 0. The molecule has 6 heteroatoms. The van der Waals surface area contributed by atoms with Crippen molar-refractivity contribution in [1.29, 1.82) is 0 Å². The first-order valence-electron chi connectivity index (χ1n) is 32.9. The second kappa shape index (κ2) is 64.4. The lowest BCUT2D eigenvalue weighted by Gasteiger charge is -2.18. The lowest BCUT2D eigenvalue weighted by molar-refractivity contribution is -0.167. The van der Waals surface area contributed by atoms with Crippen molar-refractivity contribution in [2.75, 3.05) is 13.2 Å². The van der Waals surface area contributed by atoms with Gasteiger partial charge in [0, 0.05) is 19.3 Å². The Kier molecular flexibility index (Phi) is 61.7. The van der Waals surface area contributed by atoms with Gasteiger partial charge in [-0.25, -0.2) is 0 Å². The maximum Gasteiger partial charge on any atom is 0.306 e. The van der Waals surface area contributed by atoms with Crippen molar-refractivity contribution < 1.29 is 28.6 Å². The van der Waals surface area contributed by atoms with Crippen LogP contribution in [-0.2, 0) is 28.6 Å². The minimum atomic E-state index is -0.778. The third-order valence-corrected chi connectivity index (χ3v) is 14.4. The van der Waals surface area contributed by atoms with Gasteiger partial charge in [-0.3, -0.25) is 14.4 Å². The number of unbranched alkanes of at least 4 members (excludes halogenated alkanes) is 37. The molecule has 0 spiro atoms. The highest BCUT2D eigenvalue weighted by Gasteiger charge is 2.19. The fourth-order valence-electron chi connectivity index (χ4n) is 9.53. The van der Waals surface area contributed by atoms with Crippen LogP contribution in [0.1, 0.15) is 335 Å². The Labute approximate surface area is 472 Å². The fraction of sp³-hybridized carbons (Fsp3) is 0.786. The normalized spacial score (nSPS) is 12.5. The van der Waals surface area contributed by atoms with Crippen LogP contribution in [0.25, 0.3) is 0 Å². The van der Waals surface area contributed by atoms with Crippen molar-refractivity contribution in [3.63, 3.8) is 0 Å². The van der Waals surface area contributed by atoms with Gasteiger partial charge in [-0.1, -0.05) is 299 Å². The molecule has 440 valence electrons. The number of hydrogen-bond donors (Lipinski definition) is 0. The summed E-state index contributed by atoms with van der Waals surface area (Å²) in [6.07, 6.45) is 83.5. The molecule has 0 radical (unpaired) electrons. The minimum absolute atomic E-state index is 0.0752. The molecule has 0 saturated carbocycles. The highest BCUT2D eigenvalue weighted by atomic mass is 16.6. The van der Waals surface area contributed by atoms with Gasteiger partial charge in [-0.15, -0.1) is 0 Å². The number of esters is 3. The fourth-order valence-corrected chi connectivity index (χ4v) is 9.53. The van der Waals surface area contributed by atoms with Gasteiger partial charge in [0.25, 0.3) is 0 Å². The highest BCUT2D eigenvalue weighted by molar-refractivity contribution is 5.71. The molecule has 0 fully saturated rings.